The molecule has 0 unspecified atom stereocenters. The summed E-state index contributed by atoms with van der Waals surface area (Å²) in [6.07, 6.45) is 1.19. The van der Waals surface area contributed by atoms with Gasteiger partial charge in [0.15, 0.2) is 0 Å². The summed E-state index contributed by atoms with van der Waals surface area (Å²) >= 11 is 0. The van der Waals surface area contributed by atoms with Crippen molar-refractivity contribution < 1.29 is 0 Å². The Labute approximate surface area is 88.4 Å². The normalized spacial score (nSPS) is 12.1. The molecule has 0 radical (unpaired) electrons. The smallest absolute Gasteiger partial charge is 0.0106 e. The van der Waals surface area contributed by atoms with E-state index in [4.69, 9.17) is 0 Å². The molecule has 0 N–H and O–H groups in total. The number of hydrogen-bond acceptors (Lipinski definition) is 0. The van der Waals surface area contributed by atoms with Crippen LogP contribution in [-0.4, -0.2) is 0 Å². The first kappa shape index (κ1) is 11.3. The van der Waals surface area contributed by atoms with Gasteiger partial charge in [-0.15, -0.1) is 0 Å². The summed E-state index contributed by atoms with van der Waals surface area (Å²) in [7, 11) is 0. The van der Waals surface area contributed by atoms with E-state index in [9.17, 15) is 0 Å². The fraction of sp³-hybridized carbons (Fsp3) is 0.571. The first-order valence-corrected chi connectivity index (χ1v) is 5.58. The first-order chi connectivity index (χ1) is 6.47. The lowest BCUT2D eigenvalue weighted by atomic mass is 9.81. The van der Waals surface area contributed by atoms with Crippen molar-refractivity contribution in [3.05, 3.63) is 35.4 Å². The Kier molecular flexibility index (Phi) is 3.36. The third-order valence-corrected chi connectivity index (χ3v) is 3.24. The molecule has 0 fully saturated rings. The lowest BCUT2D eigenvalue weighted by molar-refractivity contribution is 0.506. The maximum absolute atomic E-state index is 2.30. The van der Waals surface area contributed by atoms with Crippen molar-refractivity contribution in [3.63, 3.8) is 0 Å². The fourth-order valence-electron chi connectivity index (χ4n) is 1.52. The van der Waals surface area contributed by atoms with Crippen LogP contribution in [0.25, 0.3) is 0 Å². The van der Waals surface area contributed by atoms with E-state index in [1.807, 2.05) is 0 Å². The van der Waals surface area contributed by atoms with Crippen LogP contribution in [0.2, 0.25) is 0 Å². The molecule has 0 spiro atoms. The molecule has 0 aromatic heterocycles. The van der Waals surface area contributed by atoms with Gasteiger partial charge in [-0.2, -0.15) is 0 Å². The Hall–Kier alpha value is -0.780. The minimum Gasteiger partial charge on any atom is -0.0646 e. The largest absolute Gasteiger partial charge is 0.0646 e. The highest BCUT2D eigenvalue weighted by Crippen LogP contribution is 2.27. The second-order valence-corrected chi connectivity index (χ2v) is 5.01. The molecule has 0 heterocycles. The van der Waals surface area contributed by atoms with E-state index in [2.05, 4.69) is 58.9 Å². The molecule has 0 bridgehead atoms. The van der Waals surface area contributed by atoms with Crippen molar-refractivity contribution >= 4 is 0 Å². The average molecular weight is 190 g/mol. The maximum Gasteiger partial charge on any atom is -0.0106 e. The maximum atomic E-state index is 2.30. The van der Waals surface area contributed by atoms with E-state index in [1.165, 1.54) is 17.5 Å². The molecule has 0 aliphatic carbocycles. The second-order valence-electron chi connectivity index (χ2n) is 5.01. The minimum atomic E-state index is 0.315. The zero-order valence-corrected chi connectivity index (χ0v) is 10.1. The van der Waals surface area contributed by atoms with Gasteiger partial charge in [-0.3, -0.25) is 0 Å². The molecule has 0 aliphatic heterocycles. The van der Waals surface area contributed by atoms with Crippen LogP contribution in [0.4, 0.5) is 0 Å². The summed E-state index contributed by atoms with van der Waals surface area (Å²) in [4.78, 5) is 0. The third-order valence-electron chi connectivity index (χ3n) is 3.24. The zero-order valence-electron chi connectivity index (χ0n) is 10.1. The highest BCUT2D eigenvalue weighted by molar-refractivity contribution is 5.29. The summed E-state index contributed by atoms with van der Waals surface area (Å²) in [6.45, 7) is 11.3. The molecule has 1 aromatic carbocycles. The van der Waals surface area contributed by atoms with E-state index in [0.717, 1.165) is 0 Å². The van der Waals surface area contributed by atoms with E-state index in [1.54, 1.807) is 0 Å². The second kappa shape index (κ2) is 4.16. The Morgan fingerprint density at radius 2 is 1.57 bits per heavy atom. The van der Waals surface area contributed by atoms with Gasteiger partial charge in [0.25, 0.3) is 0 Å². The molecule has 0 nitrogen and oxygen atoms in total. The predicted molar refractivity (Wildman–Crippen MR) is 63.8 cm³/mol. The van der Waals surface area contributed by atoms with Gasteiger partial charge >= 0.3 is 0 Å². The summed E-state index contributed by atoms with van der Waals surface area (Å²) in [5.41, 5.74) is 3.19. The first-order valence-electron chi connectivity index (χ1n) is 5.58. The van der Waals surface area contributed by atoms with E-state index < -0.39 is 0 Å². The van der Waals surface area contributed by atoms with Crippen LogP contribution in [0.5, 0.6) is 0 Å². The van der Waals surface area contributed by atoms with Gasteiger partial charge < -0.3 is 0 Å². The Morgan fingerprint density at radius 1 is 1.07 bits per heavy atom. The topological polar surface area (TPSA) is 0 Å². The molecule has 1 rings (SSSR count). The van der Waals surface area contributed by atoms with E-state index in [0.29, 0.717) is 11.3 Å². The number of rotatable bonds is 3. The molecule has 0 saturated carbocycles. The molecule has 1 aromatic rings. The van der Waals surface area contributed by atoms with Gasteiger partial charge in [0.2, 0.25) is 0 Å². The van der Waals surface area contributed by atoms with Crippen molar-refractivity contribution in [3.8, 4) is 0 Å². The fourth-order valence-corrected chi connectivity index (χ4v) is 1.52. The van der Waals surface area contributed by atoms with Gasteiger partial charge in [-0.25, -0.2) is 0 Å². The lowest BCUT2D eigenvalue weighted by Gasteiger charge is -2.23. The molecule has 0 saturated heterocycles. The molecule has 0 atom stereocenters. The van der Waals surface area contributed by atoms with Crippen molar-refractivity contribution in [2.45, 2.75) is 52.4 Å². The Balaban J connectivity index is 2.94. The number of hydrogen-bond donors (Lipinski definition) is 0. The van der Waals surface area contributed by atoms with Crippen LogP contribution in [-0.2, 0) is 5.41 Å². The van der Waals surface area contributed by atoms with Crippen molar-refractivity contribution in [2.75, 3.05) is 0 Å². The Bertz CT molecular complexity index is 277. The van der Waals surface area contributed by atoms with E-state index in [-0.39, 0.29) is 0 Å². The van der Waals surface area contributed by atoms with Crippen LogP contribution in [0.3, 0.4) is 0 Å². The van der Waals surface area contributed by atoms with Crippen LogP contribution >= 0.6 is 0 Å². The average Bonchev–Trinajstić information content (AvgIpc) is 2.18. The van der Waals surface area contributed by atoms with Crippen LogP contribution in [0.1, 0.15) is 58.1 Å². The van der Waals surface area contributed by atoms with Crippen LogP contribution in [0, 0.1) is 0 Å². The third kappa shape index (κ3) is 2.37. The van der Waals surface area contributed by atoms with E-state index >= 15 is 0 Å². The molecule has 14 heavy (non-hydrogen) atoms. The van der Waals surface area contributed by atoms with Gasteiger partial charge in [-0.05, 0) is 28.9 Å². The highest BCUT2D eigenvalue weighted by atomic mass is 14.2. The van der Waals surface area contributed by atoms with Crippen molar-refractivity contribution in [2.24, 2.45) is 0 Å². The minimum absolute atomic E-state index is 0.315. The SMILES string of the molecule is CCC(C)(C)c1ccc(C(C)C)cc1. The van der Waals surface area contributed by atoms with Gasteiger partial charge in [0.05, 0.1) is 0 Å². The van der Waals surface area contributed by atoms with Crippen LogP contribution in [0.15, 0.2) is 24.3 Å². The molecular weight excluding hydrogens is 168 g/mol. The number of benzene rings is 1. The molecule has 0 amide bonds. The monoisotopic (exact) mass is 190 g/mol. The van der Waals surface area contributed by atoms with Crippen LogP contribution < -0.4 is 0 Å². The van der Waals surface area contributed by atoms with Gasteiger partial charge in [-0.1, -0.05) is 58.9 Å². The molecular formula is C14H22. The zero-order chi connectivity index (χ0) is 10.8. The lowest BCUT2D eigenvalue weighted by Crippen LogP contribution is -2.15. The van der Waals surface area contributed by atoms with Gasteiger partial charge in [0, 0.05) is 0 Å². The quantitative estimate of drug-likeness (QED) is 0.658. The molecule has 0 aliphatic rings. The summed E-state index contributed by atoms with van der Waals surface area (Å²) in [6, 6.07) is 9.08. The summed E-state index contributed by atoms with van der Waals surface area (Å²) in [5, 5.41) is 0. The Morgan fingerprint density at radius 3 is 1.93 bits per heavy atom. The summed E-state index contributed by atoms with van der Waals surface area (Å²) < 4.78 is 0. The summed E-state index contributed by atoms with van der Waals surface area (Å²) in [5.74, 6) is 0.633. The molecule has 0 heteroatoms. The van der Waals surface area contributed by atoms with Gasteiger partial charge in [0.1, 0.15) is 0 Å². The van der Waals surface area contributed by atoms with Crippen molar-refractivity contribution in [1.82, 2.24) is 0 Å². The highest BCUT2D eigenvalue weighted by Gasteiger charge is 2.17. The van der Waals surface area contributed by atoms with Crippen molar-refractivity contribution in [1.29, 1.82) is 0 Å². The standard InChI is InChI=1S/C14H22/c1-6-14(4,5)13-9-7-12(8-10-13)11(2)3/h7-11H,6H2,1-5H3. The molecule has 78 valence electrons. The predicted octanol–water partition coefficient (Wildman–Crippen LogP) is 4.50.